The third kappa shape index (κ3) is 4.54. The van der Waals surface area contributed by atoms with Gasteiger partial charge in [-0.25, -0.2) is 9.78 Å². The molecule has 134 valence electrons. The Bertz CT molecular complexity index is 1020. The van der Waals surface area contributed by atoms with Crippen molar-refractivity contribution in [2.75, 3.05) is 6.54 Å². The molecule has 2 heterocycles. The van der Waals surface area contributed by atoms with Crippen LogP contribution in [0.4, 0.5) is 0 Å². The van der Waals surface area contributed by atoms with Crippen molar-refractivity contribution in [3.05, 3.63) is 73.3 Å². The van der Waals surface area contributed by atoms with Crippen molar-refractivity contribution in [2.45, 2.75) is 19.9 Å². The molecule has 0 aliphatic heterocycles. The van der Waals surface area contributed by atoms with E-state index in [0.717, 1.165) is 26.4 Å². The van der Waals surface area contributed by atoms with Gasteiger partial charge in [-0.05, 0) is 18.9 Å². The van der Waals surface area contributed by atoms with Crippen molar-refractivity contribution < 1.29 is 4.79 Å². The lowest BCUT2D eigenvalue weighted by atomic mass is 10.1. The van der Waals surface area contributed by atoms with Crippen LogP contribution in [-0.2, 0) is 17.8 Å². The second-order valence-electron chi connectivity index (χ2n) is 5.79. The summed E-state index contributed by atoms with van der Waals surface area (Å²) in [5.74, 6) is -0.284. The lowest BCUT2D eigenvalue weighted by Crippen LogP contribution is -2.36. The Kier molecular flexibility index (Phi) is 5.43. The number of hydrogen-bond donors (Lipinski definition) is 2. The smallest absolute Gasteiger partial charge is 0.328 e. The van der Waals surface area contributed by atoms with Crippen molar-refractivity contribution in [1.82, 2.24) is 19.9 Å². The third-order valence-electron chi connectivity index (χ3n) is 3.82. The SMILES string of the molecule is Cc1nc(-c2ccc(CCNC(=O)Cn3ccc(=O)[nH]c3=O)cc2)cs1. The number of carbonyl (C=O) groups excluding carboxylic acids is 1. The standard InChI is InChI=1S/C18H18N4O3S/c1-12-20-15(11-26-12)14-4-2-13(3-5-14)6-8-19-17(24)10-22-9-7-16(23)21-18(22)25/h2-5,7,9,11H,6,8,10H2,1H3,(H,19,24)(H,21,23,25). The summed E-state index contributed by atoms with van der Waals surface area (Å²) in [7, 11) is 0. The van der Waals surface area contributed by atoms with E-state index >= 15 is 0 Å². The summed E-state index contributed by atoms with van der Waals surface area (Å²) in [6.45, 7) is 2.32. The normalized spacial score (nSPS) is 10.7. The van der Waals surface area contributed by atoms with Gasteiger partial charge in [0.1, 0.15) is 6.54 Å². The largest absolute Gasteiger partial charge is 0.354 e. The first-order valence-corrected chi connectivity index (χ1v) is 8.97. The van der Waals surface area contributed by atoms with Crippen LogP contribution in [0.5, 0.6) is 0 Å². The van der Waals surface area contributed by atoms with Gasteiger partial charge in [0.2, 0.25) is 5.91 Å². The molecule has 0 saturated heterocycles. The second kappa shape index (κ2) is 7.92. The summed E-state index contributed by atoms with van der Waals surface area (Å²) in [6, 6.07) is 9.28. The molecule has 0 radical (unpaired) electrons. The van der Waals surface area contributed by atoms with Gasteiger partial charge in [-0.15, -0.1) is 11.3 Å². The monoisotopic (exact) mass is 370 g/mol. The minimum Gasteiger partial charge on any atom is -0.354 e. The Hall–Kier alpha value is -3.00. The highest BCUT2D eigenvalue weighted by Crippen LogP contribution is 2.21. The number of nitrogens with one attached hydrogen (secondary N) is 2. The number of aromatic amines is 1. The van der Waals surface area contributed by atoms with Crippen LogP contribution in [0.25, 0.3) is 11.3 Å². The Labute approximate surface area is 153 Å². The van der Waals surface area contributed by atoms with Crippen molar-refractivity contribution in [3.63, 3.8) is 0 Å². The minimum absolute atomic E-state index is 0.127. The number of amides is 1. The molecule has 3 aromatic rings. The van der Waals surface area contributed by atoms with Gasteiger partial charge in [-0.2, -0.15) is 0 Å². The Morgan fingerprint density at radius 1 is 1.23 bits per heavy atom. The fraction of sp³-hybridized carbons (Fsp3) is 0.222. The first-order valence-electron chi connectivity index (χ1n) is 8.09. The number of aromatic nitrogens is 3. The summed E-state index contributed by atoms with van der Waals surface area (Å²) in [4.78, 5) is 41.0. The molecule has 1 aromatic carbocycles. The number of benzene rings is 1. The molecular weight excluding hydrogens is 352 g/mol. The molecule has 0 saturated carbocycles. The number of carbonyl (C=O) groups is 1. The summed E-state index contributed by atoms with van der Waals surface area (Å²) < 4.78 is 1.15. The molecule has 0 bridgehead atoms. The van der Waals surface area contributed by atoms with Crippen LogP contribution < -0.4 is 16.6 Å². The first kappa shape index (κ1) is 17.8. The molecule has 0 atom stereocenters. The highest BCUT2D eigenvalue weighted by molar-refractivity contribution is 7.09. The third-order valence-corrected chi connectivity index (χ3v) is 4.59. The van der Waals surface area contributed by atoms with Crippen LogP contribution in [0.1, 0.15) is 10.6 Å². The van der Waals surface area contributed by atoms with Gasteiger partial charge < -0.3 is 5.32 Å². The van der Waals surface area contributed by atoms with Crippen LogP contribution >= 0.6 is 11.3 Å². The van der Waals surface area contributed by atoms with E-state index in [0.29, 0.717) is 13.0 Å². The molecule has 0 spiro atoms. The maximum atomic E-state index is 11.9. The van der Waals surface area contributed by atoms with E-state index in [2.05, 4.69) is 15.3 Å². The van der Waals surface area contributed by atoms with Crippen molar-refractivity contribution in [1.29, 1.82) is 0 Å². The van der Waals surface area contributed by atoms with Gasteiger partial charge in [0.05, 0.1) is 10.7 Å². The van der Waals surface area contributed by atoms with Crippen LogP contribution in [-0.4, -0.2) is 27.0 Å². The number of thiazole rings is 1. The molecule has 1 amide bonds. The predicted molar refractivity (Wildman–Crippen MR) is 100 cm³/mol. The van der Waals surface area contributed by atoms with E-state index < -0.39 is 11.2 Å². The molecule has 26 heavy (non-hydrogen) atoms. The zero-order chi connectivity index (χ0) is 18.5. The lowest BCUT2D eigenvalue weighted by molar-refractivity contribution is -0.121. The molecule has 0 aliphatic rings. The molecule has 7 nitrogen and oxygen atoms in total. The average Bonchev–Trinajstić information content (AvgIpc) is 3.04. The maximum Gasteiger partial charge on any atom is 0.328 e. The number of aryl methyl sites for hydroxylation is 1. The lowest BCUT2D eigenvalue weighted by Gasteiger charge is -2.07. The van der Waals surface area contributed by atoms with Gasteiger partial charge in [0.15, 0.2) is 0 Å². The van der Waals surface area contributed by atoms with Crippen molar-refractivity contribution in [3.8, 4) is 11.3 Å². The second-order valence-corrected chi connectivity index (χ2v) is 6.85. The highest BCUT2D eigenvalue weighted by Gasteiger charge is 2.05. The molecule has 2 N–H and O–H groups in total. The van der Waals surface area contributed by atoms with Crippen molar-refractivity contribution in [2.24, 2.45) is 0 Å². The van der Waals surface area contributed by atoms with Gasteiger partial charge >= 0.3 is 5.69 Å². The number of rotatable bonds is 6. The van der Waals surface area contributed by atoms with E-state index in [-0.39, 0.29) is 12.5 Å². The first-order chi connectivity index (χ1) is 12.5. The van der Waals surface area contributed by atoms with Gasteiger partial charge in [0.25, 0.3) is 5.56 Å². The summed E-state index contributed by atoms with van der Waals surface area (Å²) in [5.41, 5.74) is 2.06. The molecule has 3 rings (SSSR count). The topological polar surface area (TPSA) is 96.8 Å². The Balaban J connectivity index is 1.50. The number of nitrogens with zero attached hydrogens (tertiary/aromatic N) is 2. The van der Waals surface area contributed by atoms with Crippen molar-refractivity contribution >= 4 is 17.2 Å². The van der Waals surface area contributed by atoms with Crippen LogP contribution in [0.2, 0.25) is 0 Å². The molecule has 0 fully saturated rings. The molecule has 0 unspecified atom stereocenters. The minimum atomic E-state index is -0.597. The fourth-order valence-corrected chi connectivity index (χ4v) is 3.09. The summed E-state index contributed by atoms with van der Waals surface area (Å²) in [5, 5.41) is 5.84. The van der Waals surface area contributed by atoms with E-state index in [1.54, 1.807) is 11.3 Å². The predicted octanol–water partition coefficient (Wildman–Crippen LogP) is 1.33. The number of hydrogen-bond acceptors (Lipinski definition) is 5. The highest BCUT2D eigenvalue weighted by atomic mass is 32.1. The average molecular weight is 370 g/mol. The summed E-state index contributed by atoms with van der Waals surface area (Å²) in [6.07, 6.45) is 1.99. The van der Waals surface area contributed by atoms with E-state index in [9.17, 15) is 14.4 Å². The van der Waals surface area contributed by atoms with Gasteiger partial charge in [0, 0.05) is 29.8 Å². The Morgan fingerprint density at radius 3 is 2.65 bits per heavy atom. The quantitative estimate of drug-likeness (QED) is 0.684. The number of H-pyrrole nitrogens is 1. The van der Waals surface area contributed by atoms with Crippen LogP contribution in [0.3, 0.4) is 0 Å². The molecular formula is C18H18N4O3S. The molecule has 0 aliphatic carbocycles. The molecule has 8 heteroatoms. The van der Waals surface area contributed by atoms with E-state index in [4.69, 9.17) is 0 Å². The van der Waals surface area contributed by atoms with E-state index in [1.165, 1.54) is 12.3 Å². The maximum absolute atomic E-state index is 11.9. The van der Waals surface area contributed by atoms with Crippen LogP contribution in [0, 0.1) is 6.92 Å². The fourth-order valence-electron chi connectivity index (χ4n) is 2.46. The van der Waals surface area contributed by atoms with Crippen LogP contribution in [0.15, 0.2) is 51.5 Å². The zero-order valence-electron chi connectivity index (χ0n) is 14.2. The van der Waals surface area contributed by atoms with Gasteiger partial charge in [-0.1, -0.05) is 24.3 Å². The molecule has 2 aromatic heterocycles. The summed E-state index contributed by atoms with van der Waals surface area (Å²) >= 11 is 1.62. The van der Waals surface area contributed by atoms with E-state index in [1.807, 2.05) is 36.6 Å². The van der Waals surface area contributed by atoms with Gasteiger partial charge in [-0.3, -0.25) is 19.1 Å². The zero-order valence-corrected chi connectivity index (χ0v) is 15.0. The Morgan fingerprint density at radius 2 is 2.00 bits per heavy atom.